The van der Waals surface area contributed by atoms with E-state index in [2.05, 4.69) is 49.6 Å². The Labute approximate surface area is 134 Å². The molecule has 3 N–H and O–H groups in total. The number of rotatable bonds is 4. The smallest absolute Gasteiger partial charge is 0.309 e. The molecule has 6 heteroatoms. The molecule has 21 heavy (non-hydrogen) atoms. The summed E-state index contributed by atoms with van der Waals surface area (Å²) >= 11 is 5.39. The number of thiophene rings is 1. The molecule has 3 rings (SSSR count). The summed E-state index contributed by atoms with van der Waals surface area (Å²) in [4.78, 5) is 18.4. The molecule has 0 bridgehead atoms. The minimum absolute atomic E-state index is 0.108. The molecule has 110 valence electrons. The average molecular weight is 366 g/mol. The Balaban J connectivity index is 2.16. The first-order chi connectivity index (χ1) is 10.1. The van der Waals surface area contributed by atoms with E-state index in [1.54, 1.807) is 11.3 Å². The van der Waals surface area contributed by atoms with Crippen LogP contribution in [0.3, 0.4) is 0 Å². The van der Waals surface area contributed by atoms with Crippen molar-refractivity contribution in [2.75, 3.05) is 7.05 Å². The van der Waals surface area contributed by atoms with Gasteiger partial charge in [0.05, 0.1) is 17.1 Å². The molecule has 0 aliphatic heterocycles. The molecule has 2 heterocycles. The Morgan fingerprint density at radius 1 is 1.33 bits per heavy atom. The standard InChI is InChI=1S/C15H16BrN3OS/c1-3-8-4-5-21-14(8)13(17-2)9-6-11-12(7-10(9)16)19-15(20)18-11/h4-7,13,17H,3H2,1-2H3,(H2,18,19,20). The van der Waals surface area contributed by atoms with Crippen molar-refractivity contribution in [3.8, 4) is 0 Å². The number of benzene rings is 1. The largest absolute Gasteiger partial charge is 0.323 e. The molecule has 1 atom stereocenters. The number of hydrogen-bond acceptors (Lipinski definition) is 3. The Morgan fingerprint density at radius 2 is 2.05 bits per heavy atom. The molecule has 0 aliphatic rings. The van der Waals surface area contributed by atoms with E-state index < -0.39 is 0 Å². The van der Waals surface area contributed by atoms with E-state index in [1.165, 1.54) is 10.4 Å². The summed E-state index contributed by atoms with van der Waals surface area (Å²) in [7, 11) is 1.96. The fourth-order valence-corrected chi connectivity index (χ4v) is 4.31. The number of hydrogen-bond donors (Lipinski definition) is 3. The average Bonchev–Trinajstić information content (AvgIpc) is 3.05. The highest BCUT2D eigenvalue weighted by Crippen LogP contribution is 2.35. The van der Waals surface area contributed by atoms with Crippen LogP contribution >= 0.6 is 27.3 Å². The lowest BCUT2D eigenvalue weighted by Crippen LogP contribution is -2.18. The Bertz CT molecular complexity index is 833. The molecule has 0 saturated heterocycles. The fourth-order valence-electron chi connectivity index (χ4n) is 2.61. The first kappa shape index (κ1) is 14.6. The molecular formula is C15H16BrN3OS. The van der Waals surface area contributed by atoms with Crippen LogP contribution in [0, 0.1) is 0 Å². The van der Waals surface area contributed by atoms with Crippen LogP contribution in [0.4, 0.5) is 0 Å². The normalized spacial score (nSPS) is 12.9. The second-order valence-electron chi connectivity index (χ2n) is 4.88. The number of halogens is 1. The molecule has 1 unspecified atom stereocenters. The Kier molecular flexibility index (Phi) is 4.01. The maximum Gasteiger partial charge on any atom is 0.323 e. The number of fused-ring (bicyclic) bond motifs is 1. The summed E-state index contributed by atoms with van der Waals surface area (Å²) < 4.78 is 0.986. The van der Waals surface area contributed by atoms with Crippen molar-refractivity contribution in [2.45, 2.75) is 19.4 Å². The zero-order valence-electron chi connectivity index (χ0n) is 11.8. The molecule has 0 amide bonds. The van der Waals surface area contributed by atoms with Gasteiger partial charge < -0.3 is 15.3 Å². The fraction of sp³-hybridized carbons (Fsp3) is 0.267. The van der Waals surface area contributed by atoms with Crippen LogP contribution in [0.5, 0.6) is 0 Å². The molecule has 0 spiro atoms. The zero-order chi connectivity index (χ0) is 15.0. The van der Waals surface area contributed by atoms with Crippen molar-refractivity contribution < 1.29 is 0 Å². The summed E-state index contributed by atoms with van der Waals surface area (Å²) in [5, 5.41) is 5.51. The molecule has 1 aromatic carbocycles. The van der Waals surface area contributed by atoms with Gasteiger partial charge in [0, 0.05) is 9.35 Å². The molecule has 2 aromatic heterocycles. The van der Waals surface area contributed by atoms with Crippen LogP contribution in [0.2, 0.25) is 0 Å². The monoisotopic (exact) mass is 365 g/mol. The van der Waals surface area contributed by atoms with Crippen LogP contribution < -0.4 is 11.0 Å². The molecule has 0 aliphatic carbocycles. The van der Waals surface area contributed by atoms with E-state index in [0.29, 0.717) is 0 Å². The highest BCUT2D eigenvalue weighted by atomic mass is 79.9. The molecule has 3 aromatic rings. The van der Waals surface area contributed by atoms with Crippen molar-refractivity contribution >= 4 is 38.3 Å². The number of aromatic amines is 2. The van der Waals surface area contributed by atoms with Gasteiger partial charge in [-0.3, -0.25) is 0 Å². The second-order valence-corrected chi connectivity index (χ2v) is 6.69. The van der Waals surface area contributed by atoms with Crippen LogP contribution in [-0.2, 0) is 6.42 Å². The van der Waals surface area contributed by atoms with Gasteiger partial charge in [-0.05, 0) is 48.2 Å². The lowest BCUT2D eigenvalue weighted by atomic mass is 10.0. The number of H-pyrrole nitrogens is 2. The Morgan fingerprint density at radius 3 is 2.71 bits per heavy atom. The third kappa shape index (κ3) is 2.59. The van der Waals surface area contributed by atoms with E-state index in [0.717, 1.165) is 27.5 Å². The highest BCUT2D eigenvalue weighted by Gasteiger charge is 2.20. The zero-order valence-corrected chi connectivity index (χ0v) is 14.2. The van der Waals surface area contributed by atoms with Gasteiger partial charge in [0.2, 0.25) is 0 Å². The van der Waals surface area contributed by atoms with Gasteiger partial charge in [-0.2, -0.15) is 0 Å². The van der Waals surface area contributed by atoms with E-state index in [4.69, 9.17) is 0 Å². The van der Waals surface area contributed by atoms with Crippen LogP contribution in [0.15, 0.2) is 32.8 Å². The van der Waals surface area contributed by atoms with Crippen LogP contribution in [0.25, 0.3) is 11.0 Å². The summed E-state index contributed by atoms with van der Waals surface area (Å²) in [5.41, 5.74) is 3.94. The number of imidazole rings is 1. The van der Waals surface area contributed by atoms with Gasteiger partial charge in [0.1, 0.15) is 0 Å². The summed E-state index contributed by atoms with van der Waals surface area (Å²) in [6.45, 7) is 2.17. The van der Waals surface area contributed by atoms with Gasteiger partial charge in [-0.15, -0.1) is 11.3 Å². The lowest BCUT2D eigenvalue weighted by molar-refractivity contribution is 0.695. The van der Waals surface area contributed by atoms with Crippen molar-refractivity contribution in [3.05, 3.63) is 54.5 Å². The SMILES string of the molecule is CCc1ccsc1C(NC)c1cc2[nH]c(=O)[nH]c2cc1Br. The van der Waals surface area contributed by atoms with E-state index in [9.17, 15) is 4.79 Å². The predicted molar refractivity (Wildman–Crippen MR) is 91.2 cm³/mol. The van der Waals surface area contributed by atoms with Gasteiger partial charge in [-0.25, -0.2) is 4.79 Å². The minimum Gasteiger partial charge on any atom is -0.309 e. The van der Waals surface area contributed by atoms with Crippen LogP contribution in [0.1, 0.15) is 29.0 Å². The first-order valence-electron chi connectivity index (χ1n) is 6.79. The Hall–Kier alpha value is -1.37. The maximum absolute atomic E-state index is 11.4. The minimum atomic E-state index is -0.180. The van der Waals surface area contributed by atoms with E-state index in [-0.39, 0.29) is 11.7 Å². The second kappa shape index (κ2) is 5.79. The topological polar surface area (TPSA) is 60.7 Å². The third-order valence-electron chi connectivity index (χ3n) is 3.66. The maximum atomic E-state index is 11.4. The van der Waals surface area contributed by atoms with Crippen molar-refractivity contribution in [1.29, 1.82) is 0 Å². The molecular weight excluding hydrogens is 350 g/mol. The molecule has 0 fully saturated rings. The summed E-state index contributed by atoms with van der Waals surface area (Å²) in [5.74, 6) is 0. The van der Waals surface area contributed by atoms with E-state index >= 15 is 0 Å². The number of aryl methyl sites for hydroxylation is 1. The first-order valence-corrected chi connectivity index (χ1v) is 8.46. The van der Waals surface area contributed by atoms with Crippen LogP contribution in [-0.4, -0.2) is 17.0 Å². The summed E-state index contributed by atoms with van der Waals surface area (Å²) in [6.07, 6.45) is 1.01. The van der Waals surface area contributed by atoms with Gasteiger partial charge >= 0.3 is 5.69 Å². The number of nitrogens with one attached hydrogen (secondary N) is 3. The summed E-state index contributed by atoms with van der Waals surface area (Å²) in [6, 6.07) is 6.26. The quantitative estimate of drug-likeness (QED) is 0.661. The van der Waals surface area contributed by atoms with Gasteiger partial charge in [-0.1, -0.05) is 22.9 Å². The van der Waals surface area contributed by atoms with Gasteiger partial charge in [0.25, 0.3) is 0 Å². The van der Waals surface area contributed by atoms with E-state index in [1.807, 2.05) is 19.2 Å². The molecule has 0 saturated carbocycles. The highest BCUT2D eigenvalue weighted by molar-refractivity contribution is 9.10. The lowest BCUT2D eigenvalue weighted by Gasteiger charge is -2.18. The molecule has 4 nitrogen and oxygen atoms in total. The third-order valence-corrected chi connectivity index (χ3v) is 5.37. The van der Waals surface area contributed by atoms with Crippen molar-refractivity contribution in [1.82, 2.24) is 15.3 Å². The van der Waals surface area contributed by atoms with Crippen molar-refractivity contribution in [2.24, 2.45) is 0 Å². The predicted octanol–water partition coefficient (Wildman–Crippen LogP) is 3.55. The van der Waals surface area contributed by atoms with Gasteiger partial charge in [0.15, 0.2) is 0 Å². The molecule has 0 radical (unpaired) electrons. The van der Waals surface area contributed by atoms with Crippen molar-refractivity contribution in [3.63, 3.8) is 0 Å². The number of aromatic nitrogens is 2.